The van der Waals surface area contributed by atoms with Crippen LogP contribution in [0.4, 0.5) is 5.69 Å². The highest BCUT2D eigenvalue weighted by atomic mass is 16.7. The van der Waals surface area contributed by atoms with Crippen molar-refractivity contribution < 1.29 is 9.31 Å². The molecule has 0 radical (unpaired) electrons. The molecule has 118 valence electrons. The van der Waals surface area contributed by atoms with Crippen LogP contribution in [0.3, 0.4) is 0 Å². The number of nitrogens with zero attached hydrogens (tertiary/aromatic N) is 1. The summed E-state index contributed by atoms with van der Waals surface area (Å²) in [7, 11) is -0.396. The molecule has 1 saturated heterocycles. The maximum Gasteiger partial charge on any atom is 0.494 e. The van der Waals surface area contributed by atoms with Crippen LogP contribution in [-0.2, 0) is 9.31 Å². The second kappa shape index (κ2) is 5.58. The summed E-state index contributed by atoms with van der Waals surface area (Å²) in [5.41, 5.74) is 2.60. The Morgan fingerprint density at radius 2 is 1.43 bits per heavy atom. The summed E-state index contributed by atoms with van der Waals surface area (Å²) in [6.07, 6.45) is 0. The van der Waals surface area contributed by atoms with Gasteiger partial charge in [0, 0.05) is 0 Å². The van der Waals surface area contributed by atoms with Crippen LogP contribution in [0, 0.1) is 4.91 Å². The quantitative estimate of drug-likeness (QED) is 0.635. The molecule has 0 amide bonds. The summed E-state index contributed by atoms with van der Waals surface area (Å²) in [6.45, 7) is 8.15. The first-order chi connectivity index (χ1) is 10.8. The molecule has 0 aliphatic carbocycles. The highest BCUT2D eigenvalue weighted by molar-refractivity contribution is 6.62. The molecule has 1 fully saturated rings. The Kier molecular flexibility index (Phi) is 3.86. The summed E-state index contributed by atoms with van der Waals surface area (Å²) < 4.78 is 12.2. The fourth-order valence-electron chi connectivity index (χ4n) is 2.59. The van der Waals surface area contributed by atoms with Crippen molar-refractivity contribution in [1.29, 1.82) is 0 Å². The number of hydrogen-bond donors (Lipinski definition) is 0. The van der Waals surface area contributed by atoms with Gasteiger partial charge in [0.1, 0.15) is 5.69 Å². The van der Waals surface area contributed by atoms with Crippen molar-refractivity contribution in [2.75, 3.05) is 0 Å². The van der Waals surface area contributed by atoms with Gasteiger partial charge >= 0.3 is 7.12 Å². The summed E-state index contributed by atoms with van der Waals surface area (Å²) in [4.78, 5) is 10.7. The molecular formula is C18H20BNO3. The number of hydrogen-bond acceptors (Lipinski definition) is 4. The summed E-state index contributed by atoms with van der Waals surface area (Å²) in [5, 5.41) is 3.00. The van der Waals surface area contributed by atoms with Crippen LogP contribution in [0.5, 0.6) is 0 Å². The predicted molar refractivity (Wildman–Crippen MR) is 93.0 cm³/mol. The van der Waals surface area contributed by atoms with Gasteiger partial charge in [-0.3, -0.25) is 0 Å². The van der Waals surface area contributed by atoms with E-state index in [-0.39, 0.29) is 11.2 Å². The maximum absolute atomic E-state index is 10.7. The molecule has 2 aromatic rings. The zero-order chi connectivity index (χ0) is 16.7. The normalized spacial score (nSPS) is 18.9. The van der Waals surface area contributed by atoms with Crippen molar-refractivity contribution in [3.8, 4) is 11.1 Å². The fraction of sp³-hybridized carbons (Fsp3) is 0.333. The Hall–Kier alpha value is -1.98. The molecule has 0 N–H and O–H groups in total. The van der Waals surface area contributed by atoms with Gasteiger partial charge in [-0.2, -0.15) is 0 Å². The van der Waals surface area contributed by atoms with E-state index in [1.165, 1.54) is 0 Å². The first-order valence-electron chi connectivity index (χ1n) is 7.72. The third-order valence-corrected chi connectivity index (χ3v) is 4.70. The molecule has 1 heterocycles. The molecule has 0 aromatic heterocycles. The molecule has 0 saturated carbocycles. The van der Waals surface area contributed by atoms with Crippen molar-refractivity contribution in [3.05, 3.63) is 53.4 Å². The first kappa shape index (κ1) is 15.9. The van der Waals surface area contributed by atoms with Crippen molar-refractivity contribution >= 4 is 18.3 Å². The molecule has 1 aliphatic heterocycles. The Bertz CT molecular complexity index is 727. The number of nitroso groups, excluding NO2 is 1. The van der Waals surface area contributed by atoms with Crippen LogP contribution < -0.4 is 5.46 Å². The van der Waals surface area contributed by atoms with E-state index >= 15 is 0 Å². The van der Waals surface area contributed by atoms with Gasteiger partial charge in [-0.25, -0.2) is 0 Å². The molecule has 4 nitrogen and oxygen atoms in total. The van der Waals surface area contributed by atoms with E-state index in [0.29, 0.717) is 5.69 Å². The fourth-order valence-corrected chi connectivity index (χ4v) is 2.59. The zero-order valence-corrected chi connectivity index (χ0v) is 13.9. The lowest BCUT2D eigenvalue weighted by atomic mass is 9.78. The Balaban J connectivity index is 1.93. The van der Waals surface area contributed by atoms with Crippen LogP contribution in [0.15, 0.2) is 53.7 Å². The molecule has 1 aliphatic rings. The lowest BCUT2D eigenvalue weighted by Crippen LogP contribution is -2.41. The zero-order valence-electron chi connectivity index (χ0n) is 13.9. The Morgan fingerprint density at radius 1 is 0.870 bits per heavy atom. The van der Waals surface area contributed by atoms with Gasteiger partial charge in [-0.05, 0) is 61.6 Å². The second-order valence-corrected chi connectivity index (χ2v) is 6.86. The van der Waals surface area contributed by atoms with Crippen molar-refractivity contribution in [1.82, 2.24) is 0 Å². The first-order valence-corrected chi connectivity index (χ1v) is 7.72. The molecule has 2 aromatic carbocycles. The van der Waals surface area contributed by atoms with Crippen molar-refractivity contribution in [2.24, 2.45) is 5.18 Å². The summed E-state index contributed by atoms with van der Waals surface area (Å²) in [5.74, 6) is 0. The van der Waals surface area contributed by atoms with E-state index in [1.54, 1.807) is 12.1 Å². The van der Waals surface area contributed by atoms with E-state index < -0.39 is 7.12 Å². The highest BCUT2D eigenvalue weighted by Gasteiger charge is 2.51. The van der Waals surface area contributed by atoms with Gasteiger partial charge in [0.2, 0.25) is 0 Å². The van der Waals surface area contributed by atoms with Crippen LogP contribution in [0.2, 0.25) is 0 Å². The Labute approximate surface area is 136 Å². The maximum atomic E-state index is 10.7. The van der Waals surface area contributed by atoms with Crippen LogP contribution in [-0.4, -0.2) is 18.3 Å². The van der Waals surface area contributed by atoms with E-state index in [0.717, 1.165) is 16.6 Å². The molecule has 23 heavy (non-hydrogen) atoms. The van der Waals surface area contributed by atoms with Crippen molar-refractivity contribution in [2.45, 2.75) is 38.9 Å². The molecule has 3 rings (SSSR count). The molecule has 0 unspecified atom stereocenters. The lowest BCUT2D eigenvalue weighted by Gasteiger charge is -2.32. The molecule has 5 heteroatoms. The molecule has 0 spiro atoms. The largest absolute Gasteiger partial charge is 0.494 e. The van der Waals surface area contributed by atoms with E-state index in [4.69, 9.17) is 9.31 Å². The van der Waals surface area contributed by atoms with Gasteiger partial charge < -0.3 is 9.31 Å². The van der Waals surface area contributed by atoms with Gasteiger partial charge in [0.05, 0.1) is 11.2 Å². The summed E-state index contributed by atoms with van der Waals surface area (Å²) in [6, 6.07) is 15.2. The van der Waals surface area contributed by atoms with Gasteiger partial charge in [0.25, 0.3) is 0 Å². The average Bonchev–Trinajstić information content (AvgIpc) is 2.76. The molecule has 0 atom stereocenters. The van der Waals surface area contributed by atoms with Gasteiger partial charge in [0.15, 0.2) is 0 Å². The SMILES string of the molecule is CC1(C)OB(c2cccc(-c3cccc(N=O)c3)c2)OC1(C)C. The number of benzene rings is 2. The van der Waals surface area contributed by atoms with Crippen LogP contribution in [0.25, 0.3) is 11.1 Å². The second-order valence-electron chi connectivity index (χ2n) is 6.86. The lowest BCUT2D eigenvalue weighted by molar-refractivity contribution is 0.00578. The topological polar surface area (TPSA) is 47.9 Å². The third-order valence-electron chi connectivity index (χ3n) is 4.70. The van der Waals surface area contributed by atoms with Crippen molar-refractivity contribution in [3.63, 3.8) is 0 Å². The van der Waals surface area contributed by atoms with E-state index in [2.05, 4.69) is 5.18 Å². The average molecular weight is 309 g/mol. The van der Waals surface area contributed by atoms with Gasteiger partial charge in [-0.15, -0.1) is 4.91 Å². The minimum absolute atomic E-state index is 0.366. The standard InChI is InChI=1S/C18H20BNO3/c1-17(2)18(3,4)23-19(22-17)15-9-5-7-13(11-15)14-8-6-10-16(12-14)20-21/h5-12H,1-4H3. The minimum atomic E-state index is -0.396. The van der Waals surface area contributed by atoms with Crippen LogP contribution >= 0.6 is 0 Å². The molecule has 0 bridgehead atoms. The van der Waals surface area contributed by atoms with Gasteiger partial charge in [-0.1, -0.05) is 36.4 Å². The summed E-state index contributed by atoms with van der Waals surface area (Å²) >= 11 is 0. The third kappa shape index (κ3) is 2.94. The number of rotatable bonds is 3. The predicted octanol–water partition coefficient (Wildman–Crippen LogP) is 4.05. The highest BCUT2D eigenvalue weighted by Crippen LogP contribution is 2.36. The monoisotopic (exact) mass is 309 g/mol. The van der Waals surface area contributed by atoms with E-state index in [1.807, 2.05) is 64.1 Å². The molecular weight excluding hydrogens is 289 g/mol. The Morgan fingerprint density at radius 3 is 2.04 bits per heavy atom. The van der Waals surface area contributed by atoms with Crippen LogP contribution in [0.1, 0.15) is 27.7 Å². The minimum Gasteiger partial charge on any atom is -0.399 e. The van der Waals surface area contributed by atoms with E-state index in [9.17, 15) is 4.91 Å². The smallest absolute Gasteiger partial charge is 0.399 e.